The molecule has 114 valence electrons. The number of hydrogen-bond donors (Lipinski definition) is 1. The molecular formula is C13H19N5O2S. The van der Waals surface area contributed by atoms with Crippen LogP contribution in [0.3, 0.4) is 0 Å². The molecule has 0 aliphatic carbocycles. The lowest BCUT2D eigenvalue weighted by atomic mass is 10.1. The van der Waals surface area contributed by atoms with Crippen molar-refractivity contribution in [3.8, 4) is 0 Å². The molecule has 1 N–H and O–H groups in total. The van der Waals surface area contributed by atoms with Crippen LogP contribution in [0, 0.1) is 13.8 Å². The normalized spacial score (nSPS) is 11.1. The number of rotatable bonds is 6. The maximum atomic E-state index is 12.0. The molecule has 0 aliphatic rings. The van der Waals surface area contributed by atoms with Crippen LogP contribution in [-0.2, 0) is 17.6 Å². The number of hydrogen-bond acceptors (Lipinski definition) is 7. The van der Waals surface area contributed by atoms with Gasteiger partial charge in [-0.2, -0.15) is 0 Å². The zero-order chi connectivity index (χ0) is 15.4. The van der Waals surface area contributed by atoms with Crippen LogP contribution in [0.4, 0.5) is 5.13 Å². The molecule has 1 amide bonds. The highest BCUT2D eigenvalue weighted by Gasteiger charge is 2.15. The molecule has 0 aliphatic heterocycles. The Labute approximate surface area is 127 Å². The second kappa shape index (κ2) is 6.77. The topological polar surface area (TPSA) is 84.2 Å². The van der Waals surface area contributed by atoms with Crippen molar-refractivity contribution in [2.75, 3.05) is 26.0 Å². The van der Waals surface area contributed by atoms with Crippen LogP contribution in [-0.4, -0.2) is 46.8 Å². The number of nitrogens with one attached hydrogen (secondary N) is 1. The van der Waals surface area contributed by atoms with Gasteiger partial charge in [0.05, 0.1) is 12.1 Å². The van der Waals surface area contributed by atoms with E-state index in [0.29, 0.717) is 10.9 Å². The van der Waals surface area contributed by atoms with Crippen molar-refractivity contribution in [1.82, 2.24) is 20.3 Å². The van der Waals surface area contributed by atoms with E-state index < -0.39 is 0 Å². The lowest BCUT2D eigenvalue weighted by molar-refractivity contribution is -0.115. The summed E-state index contributed by atoms with van der Waals surface area (Å²) in [5.41, 5.74) is 1.57. The van der Waals surface area contributed by atoms with Gasteiger partial charge in [-0.05, 0) is 27.9 Å². The third-order valence-corrected chi connectivity index (χ3v) is 3.90. The fraction of sp³-hybridized carbons (Fsp3) is 0.538. The highest BCUT2D eigenvalue weighted by atomic mass is 32.1. The Morgan fingerprint density at radius 3 is 2.71 bits per heavy atom. The molecule has 2 rings (SSSR count). The van der Waals surface area contributed by atoms with Gasteiger partial charge in [-0.25, -0.2) is 0 Å². The van der Waals surface area contributed by atoms with Crippen LogP contribution in [0.1, 0.15) is 22.0 Å². The Hall–Kier alpha value is -1.80. The first-order valence-electron chi connectivity index (χ1n) is 6.64. The number of amides is 1. The summed E-state index contributed by atoms with van der Waals surface area (Å²) in [5.74, 6) is 0.534. The molecule has 0 saturated carbocycles. The number of likely N-dealkylation sites (N-methyl/N-ethyl adjacent to an activating group) is 1. The van der Waals surface area contributed by atoms with Crippen LogP contribution in [0.5, 0.6) is 0 Å². The summed E-state index contributed by atoms with van der Waals surface area (Å²) < 4.78 is 5.04. The fourth-order valence-electron chi connectivity index (χ4n) is 1.80. The Bertz CT molecular complexity index is 600. The van der Waals surface area contributed by atoms with E-state index in [1.54, 1.807) is 6.92 Å². The second-order valence-corrected chi connectivity index (χ2v) is 6.14. The molecule has 0 radical (unpaired) electrons. The van der Waals surface area contributed by atoms with Gasteiger partial charge in [0.25, 0.3) is 0 Å². The summed E-state index contributed by atoms with van der Waals surface area (Å²) in [4.78, 5) is 14.1. The van der Waals surface area contributed by atoms with Crippen molar-refractivity contribution in [2.24, 2.45) is 0 Å². The predicted molar refractivity (Wildman–Crippen MR) is 80.5 cm³/mol. The maximum absolute atomic E-state index is 12.0. The largest absolute Gasteiger partial charge is 0.361 e. The van der Waals surface area contributed by atoms with E-state index in [2.05, 4.69) is 25.6 Å². The second-order valence-electron chi connectivity index (χ2n) is 5.08. The van der Waals surface area contributed by atoms with Gasteiger partial charge < -0.3 is 14.7 Å². The zero-order valence-electron chi connectivity index (χ0n) is 12.6. The van der Waals surface area contributed by atoms with Gasteiger partial charge in [0, 0.05) is 18.5 Å². The molecule has 0 aromatic carbocycles. The van der Waals surface area contributed by atoms with Gasteiger partial charge in [-0.1, -0.05) is 16.5 Å². The average Bonchev–Trinajstić information content (AvgIpc) is 2.98. The van der Waals surface area contributed by atoms with Gasteiger partial charge in [-0.15, -0.1) is 10.2 Å². The number of carbonyl (C=O) groups is 1. The number of carbonyl (C=O) groups excluding carboxylic acids is 1. The fourth-order valence-corrected chi connectivity index (χ4v) is 2.55. The summed E-state index contributed by atoms with van der Waals surface area (Å²) in [6.45, 7) is 4.53. The summed E-state index contributed by atoms with van der Waals surface area (Å²) in [6.07, 6.45) is 1.05. The van der Waals surface area contributed by atoms with Crippen molar-refractivity contribution in [2.45, 2.75) is 26.7 Å². The number of aryl methyl sites for hydroxylation is 2. The molecule has 0 fully saturated rings. The van der Waals surface area contributed by atoms with Crippen molar-refractivity contribution < 1.29 is 9.32 Å². The molecule has 2 aromatic rings. The van der Waals surface area contributed by atoms with Gasteiger partial charge in [-0.3, -0.25) is 4.79 Å². The summed E-state index contributed by atoms with van der Waals surface area (Å²) >= 11 is 1.40. The Morgan fingerprint density at radius 2 is 2.10 bits per heavy atom. The molecule has 0 unspecified atom stereocenters. The highest BCUT2D eigenvalue weighted by Crippen LogP contribution is 2.17. The van der Waals surface area contributed by atoms with E-state index in [4.69, 9.17) is 4.52 Å². The minimum Gasteiger partial charge on any atom is -0.361 e. The molecule has 0 saturated heterocycles. The third-order valence-electron chi connectivity index (χ3n) is 3.00. The molecule has 0 atom stereocenters. The van der Waals surface area contributed by atoms with Crippen LogP contribution < -0.4 is 5.32 Å². The Kier molecular flexibility index (Phi) is 5.03. The first-order chi connectivity index (χ1) is 9.95. The summed E-state index contributed by atoms with van der Waals surface area (Å²) in [7, 11) is 4.01. The smallest absolute Gasteiger partial charge is 0.230 e. The first kappa shape index (κ1) is 15.6. The van der Waals surface area contributed by atoms with Gasteiger partial charge in [0.1, 0.15) is 10.8 Å². The molecule has 8 heteroatoms. The number of aromatic nitrogens is 3. The minimum atomic E-state index is -0.139. The monoisotopic (exact) mass is 309 g/mol. The molecule has 0 spiro atoms. The SMILES string of the molecule is Cc1noc(C)c1CC(=O)Nc1nnc(CCN(C)C)s1. The van der Waals surface area contributed by atoms with E-state index in [9.17, 15) is 4.79 Å². The van der Waals surface area contributed by atoms with E-state index in [1.165, 1.54) is 11.3 Å². The Morgan fingerprint density at radius 1 is 1.33 bits per heavy atom. The van der Waals surface area contributed by atoms with Crippen molar-refractivity contribution >= 4 is 22.4 Å². The molecule has 0 bridgehead atoms. The van der Waals surface area contributed by atoms with Crippen molar-refractivity contribution in [1.29, 1.82) is 0 Å². The molecule has 2 heterocycles. The predicted octanol–water partition coefficient (Wildman–Crippen LogP) is 1.43. The van der Waals surface area contributed by atoms with Crippen LogP contribution in [0.15, 0.2) is 4.52 Å². The number of nitrogens with zero attached hydrogens (tertiary/aromatic N) is 4. The average molecular weight is 309 g/mol. The van der Waals surface area contributed by atoms with Crippen LogP contribution in [0.25, 0.3) is 0 Å². The lowest BCUT2D eigenvalue weighted by Crippen LogP contribution is -2.15. The lowest BCUT2D eigenvalue weighted by Gasteiger charge is -2.05. The summed E-state index contributed by atoms with van der Waals surface area (Å²) in [6, 6.07) is 0. The summed E-state index contributed by atoms with van der Waals surface area (Å²) in [5, 5.41) is 16.1. The van der Waals surface area contributed by atoms with Gasteiger partial charge in [0.15, 0.2) is 0 Å². The zero-order valence-corrected chi connectivity index (χ0v) is 13.5. The molecule has 2 aromatic heterocycles. The molecule has 21 heavy (non-hydrogen) atoms. The standard InChI is InChI=1S/C13H19N5O2S/c1-8-10(9(2)20-17-8)7-11(19)14-13-16-15-12(21-13)5-6-18(3)4/h5-7H2,1-4H3,(H,14,16,19). The Balaban J connectivity index is 1.91. The minimum absolute atomic E-state index is 0.139. The van der Waals surface area contributed by atoms with Gasteiger partial charge in [0.2, 0.25) is 11.0 Å². The van der Waals surface area contributed by atoms with E-state index in [0.717, 1.165) is 29.2 Å². The van der Waals surface area contributed by atoms with E-state index >= 15 is 0 Å². The molecule has 7 nitrogen and oxygen atoms in total. The first-order valence-corrected chi connectivity index (χ1v) is 7.46. The van der Waals surface area contributed by atoms with Crippen molar-refractivity contribution in [3.63, 3.8) is 0 Å². The van der Waals surface area contributed by atoms with Crippen LogP contribution in [0.2, 0.25) is 0 Å². The number of anilines is 1. The van der Waals surface area contributed by atoms with Gasteiger partial charge >= 0.3 is 0 Å². The molecular weight excluding hydrogens is 290 g/mol. The van der Waals surface area contributed by atoms with Crippen LogP contribution >= 0.6 is 11.3 Å². The quantitative estimate of drug-likeness (QED) is 0.869. The highest BCUT2D eigenvalue weighted by molar-refractivity contribution is 7.15. The van der Waals surface area contributed by atoms with E-state index in [1.807, 2.05) is 21.0 Å². The maximum Gasteiger partial charge on any atom is 0.230 e. The van der Waals surface area contributed by atoms with Crippen molar-refractivity contribution in [3.05, 3.63) is 22.0 Å². The third kappa shape index (κ3) is 4.33. The van der Waals surface area contributed by atoms with E-state index in [-0.39, 0.29) is 12.3 Å².